The lowest BCUT2D eigenvalue weighted by Gasteiger charge is -1.85. The van der Waals surface area contributed by atoms with Crippen LogP contribution >= 0.6 is 0 Å². The average molecular weight is 167 g/mol. The zero-order valence-electron chi connectivity index (χ0n) is 6.16. The van der Waals surface area contributed by atoms with Crippen molar-refractivity contribution in [2.75, 3.05) is 0 Å². The molecule has 0 aliphatic carbocycles. The molecule has 11 heavy (non-hydrogen) atoms. The van der Waals surface area contributed by atoms with Gasteiger partial charge in [-0.25, -0.2) is 11.5 Å². The largest absolute Gasteiger partial charge is 0.315 e. The summed E-state index contributed by atoms with van der Waals surface area (Å²) in [4.78, 5) is 0. The molecule has 0 bridgehead atoms. The molecule has 0 aliphatic heterocycles. The Hall–Kier alpha value is -0.770. The van der Waals surface area contributed by atoms with Crippen LogP contribution in [0.4, 0.5) is 0 Å². The minimum Gasteiger partial charge on any atom is -0.243 e. The summed E-state index contributed by atoms with van der Waals surface area (Å²) in [6.45, 7) is 0. The van der Waals surface area contributed by atoms with Crippen LogP contribution in [0.3, 0.4) is 0 Å². The second kappa shape index (κ2) is 4.18. The van der Waals surface area contributed by atoms with Crippen LogP contribution in [0.25, 0.3) is 0 Å². The summed E-state index contributed by atoms with van der Waals surface area (Å²) < 4.78 is 0. The zero-order valence-corrected chi connectivity index (χ0v) is 6.97. The van der Waals surface area contributed by atoms with Crippen LogP contribution in [0, 0.1) is 0 Å². The summed E-state index contributed by atoms with van der Waals surface area (Å²) in [6, 6.07) is 10.1. The van der Waals surface area contributed by atoms with E-state index in [1.165, 1.54) is 16.9 Å². The molecule has 0 saturated carbocycles. The van der Waals surface area contributed by atoms with Crippen molar-refractivity contribution < 1.29 is 0 Å². The molecule has 1 rings (SSSR count). The molecule has 0 heterocycles. The smallest absolute Gasteiger partial charge is 0.243 e. The highest BCUT2D eigenvalue weighted by atomic mass is 32.1. The van der Waals surface area contributed by atoms with Crippen molar-refractivity contribution >= 4 is 16.5 Å². The Morgan fingerprint density at radius 1 is 1.18 bits per heavy atom. The van der Waals surface area contributed by atoms with Gasteiger partial charge >= 0.3 is 5.11 Å². The van der Waals surface area contributed by atoms with Gasteiger partial charge in [-0.1, -0.05) is 30.3 Å². The molecule has 0 aromatic heterocycles. The van der Waals surface area contributed by atoms with E-state index in [0.717, 1.165) is 5.75 Å². The Kier molecular flexibility index (Phi) is 3.16. The van der Waals surface area contributed by atoms with Crippen molar-refractivity contribution in [3.05, 3.63) is 35.9 Å². The van der Waals surface area contributed by atoms with Crippen molar-refractivity contribution in [2.24, 2.45) is 11.5 Å². The lowest BCUT2D eigenvalue weighted by molar-refractivity contribution is 1.42. The van der Waals surface area contributed by atoms with Crippen molar-refractivity contribution in [3.8, 4) is 0 Å². The highest BCUT2D eigenvalue weighted by molar-refractivity contribution is 7.77. The first-order chi connectivity index (χ1) is 5.29. The third-order valence-electron chi connectivity index (χ3n) is 1.25. The molecule has 0 atom stereocenters. The van der Waals surface area contributed by atoms with Crippen LogP contribution in [0.15, 0.2) is 30.3 Å². The van der Waals surface area contributed by atoms with Gasteiger partial charge in [0.2, 0.25) is 17.1 Å². The van der Waals surface area contributed by atoms with Crippen molar-refractivity contribution in [3.63, 3.8) is 0 Å². The van der Waals surface area contributed by atoms with Crippen molar-refractivity contribution in [1.82, 2.24) is 0 Å². The van der Waals surface area contributed by atoms with Crippen LogP contribution in [0.2, 0.25) is 0 Å². The predicted molar refractivity (Wildman–Crippen MR) is 50.9 cm³/mol. The maximum atomic E-state index is 5.30. The molecule has 1 aromatic rings. The van der Waals surface area contributed by atoms with Crippen molar-refractivity contribution in [2.45, 2.75) is 5.75 Å². The molecular formula is C8H11N2S+. The van der Waals surface area contributed by atoms with E-state index in [2.05, 4.69) is 12.1 Å². The summed E-state index contributed by atoms with van der Waals surface area (Å²) in [5.41, 5.74) is 11.8. The van der Waals surface area contributed by atoms with E-state index in [-0.39, 0.29) is 0 Å². The molecule has 2 nitrogen and oxygen atoms in total. The molecule has 0 unspecified atom stereocenters. The van der Waals surface area contributed by atoms with Gasteiger partial charge in [0.05, 0.1) is 0 Å². The van der Waals surface area contributed by atoms with E-state index in [4.69, 9.17) is 11.5 Å². The van der Waals surface area contributed by atoms with Crippen LogP contribution in [0.1, 0.15) is 5.56 Å². The van der Waals surface area contributed by atoms with Crippen LogP contribution < -0.4 is 11.5 Å². The molecule has 0 radical (unpaired) electrons. The van der Waals surface area contributed by atoms with Crippen LogP contribution in [0.5, 0.6) is 0 Å². The van der Waals surface area contributed by atoms with Gasteiger partial charge in [0.15, 0.2) is 0 Å². The quantitative estimate of drug-likeness (QED) is 0.491. The maximum Gasteiger partial charge on any atom is 0.315 e. The Morgan fingerprint density at radius 3 is 2.36 bits per heavy atom. The van der Waals surface area contributed by atoms with Crippen LogP contribution in [-0.4, -0.2) is 5.11 Å². The van der Waals surface area contributed by atoms with E-state index >= 15 is 0 Å². The van der Waals surface area contributed by atoms with E-state index in [1.54, 1.807) is 0 Å². The Balaban J connectivity index is 2.59. The Morgan fingerprint density at radius 2 is 1.82 bits per heavy atom. The van der Waals surface area contributed by atoms with E-state index in [0.29, 0.717) is 5.11 Å². The van der Waals surface area contributed by atoms with Gasteiger partial charge in [-0.05, 0) is 0 Å². The second-order valence-corrected chi connectivity index (χ2v) is 3.23. The molecule has 3 heteroatoms. The summed E-state index contributed by atoms with van der Waals surface area (Å²) in [5, 5.41) is 0.425. The molecule has 4 N–H and O–H groups in total. The SMILES string of the molecule is NC(N)=[S+]Cc1ccccc1. The molecule has 0 amide bonds. The average Bonchev–Trinajstić information content (AvgIpc) is 2.03. The highest BCUT2D eigenvalue weighted by Gasteiger charge is 1.99. The third kappa shape index (κ3) is 3.23. The first-order valence-electron chi connectivity index (χ1n) is 3.33. The molecule has 1 aromatic carbocycles. The predicted octanol–water partition coefficient (Wildman–Crippen LogP) is 0.274. The molecule has 58 valence electrons. The van der Waals surface area contributed by atoms with Gasteiger partial charge in [-0.3, -0.25) is 0 Å². The summed E-state index contributed by atoms with van der Waals surface area (Å²) in [6.07, 6.45) is 0. The monoisotopic (exact) mass is 167 g/mol. The Bertz CT molecular complexity index is 240. The van der Waals surface area contributed by atoms with E-state index < -0.39 is 0 Å². The van der Waals surface area contributed by atoms with Gasteiger partial charge in [0.25, 0.3) is 0 Å². The normalized spacial score (nSPS) is 9.27. The molecule has 0 spiro atoms. The second-order valence-electron chi connectivity index (χ2n) is 2.18. The minimum absolute atomic E-state index is 0.425. The number of hydrogen-bond acceptors (Lipinski definition) is 0. The maximum absolute atomic E-state index is 5.30. The lowest BCUT2D eigenvalue weighted by Crippen LogP contribution is -2.23. The van der Waals surface area contributed by atoms with Gasteiger partial charge in [-0.2, -0.15) is 0 Å². The molecular weight excluding hydrogens is 156 g/mol. The van der Waals surface area contributed by atoms with E-state index in [1.807, 2.05) is 18.2 Å². The van der Waals surface area contributed by atoms with Crippen molar-refractivity contribution in [1.29, 1.82) is 0 Å². The van der Waals surface area contributed by atoms with E-state index in [9.17, 15) is 0 Å². The standard InChI is InChI=1S/C8H11N2S/c9-8(10)11-6-7-4-2-1-3-5-7/h1-5H,6,9-10H2/q+1. The topological polar surface area (TPSA) is 52.0 Å². The number of hydrogen-bond donors (Lipinski definition) is 2. The van der Waals surface area contributed by atoms with Crippen LogP contribution in [-0.2, 0) is 17.1 Å². The van der Waals surface area contributed by atoms with Gasteiger partial charge in [0, 0.05) is 5.56 Å². The highest BCUT2D eigenvalue weighted by Crippen LogP contribution is 1.97. The number of rotatable bonds is 2. The third-order valence-corrected chi connectivity index (χ3v) is 2.06. The van der Waals surface area contributed by atoms with Gasteiger partial charge < -0.3 is 0 Å². The first kappa shape index (κ1) is 8.33. The fourth-order valence-corrected chi connectivity index (χ4v) is 1.27. The lowest BCUT2D eigenvalue weighted by atomic mass is 10.2. The van der Waals surface area contributed by atoms with Gasteiger partial charge in [0.1, 0.15) is 0 Å². The zero-order chi connectivity index (χ0) is 8.10. The Labute approximate surface area is 70.2 Å². The minimum atomic E-state index is 0.425. The summed E-state index contributed by atoms with van der Waals surface area (Å²) in [7, 11) is 0. The fourth-order valence-electron chi connectivity index (χ4n) is 0.741. The first-order valence-corrected chi connectivity index (χ1v) is 4.32. The fraction of sp³-hybridized carbons (Fsp3) is 0.125. The number of nitrogens with two attached hydrogens (primary N) is 2. The number of benzene rings is 1. The summed E-state index contributed by atoms with van der Waals surface area (Å²) >= 11 is 1.46. The molecule has 0 aliphatic rings. The summed E-state index contributed by atoms with van der Waals surface area (Å²) in [5.74, 6) is 0.850. The molecule has 0 saturated heterocycles. The molecule has 0 fully saturated rings. The van der Waals surface area contributed by atoms with Gasteiger partial charge in [-0.15, -0.1) is 0 Å².